The first-order chi connectivity index (χ1) is 14.4. The van der Waals surface area contributed by atoms with Gasteiger partial charge >= 0.3 is 12.3 Å². The molecule has 2 aromatic rings. The second kappa shape index (κ2) is 8.01. The molecule has 1 aromatic heterocycles. The number of carbonyl (C=O) groups is 3. The van der Waals surface area contributed by atoms with Crippen LogP contribution in [0.15, 0.2) is 42.6 Å². The molecule has 31 heavy (non-hydrogen) atoms. The Morgan fingerprint density at radius 3 is 2.32 bits per heavy atom. The highest BCUT2D eigenvalue weighted by Gasteiger charge is 2.38. The Balaban J connectivity index is 1.71. The van der Waals surface area contributed by atoms with Crippen LogP contribution in [-0.4, -0.2) is 29.9 Å². The zero-order valence-corrected chi connectivity index (χ0v) is 17.1. The van der Waals surface area contributed by atoms with Crippen molar-refractivity contribution in [1.29, 1.82) is 0 Å². The summed E-state index contributed by atoms with van der Waals surface area (Å²) in [6.07, 6.45) is -3.86. The second-order valence-corrected chi connectivity index (χ2v) is 7.97. The summed E-state index contributed by atoms with van der Waals surface area (Å²) in [5, 5.41) is 0. The molecule has 7 nitrogen and oxygen atoms in total. The summed E-state index contributed by atoms with van der Waals surface area (Å²) in [5.74, 6) is -0.834. The average Bonchev–Trinajstić information content (AvgIpc) is 2.66. The molecule has 0 bridgehead atoms. The fourth-order valence-corrected chi connectivity index (χ4v) is 3.19. The molecule has 0 unspecified atom stereocenters. The molecule has 0 saturated carbocycles. The maximum absolute atomic E-state index is 12.9. The predicted molar refractivity (Wildman–Crippen MR) is 106 cm³/mol. The Bertz CT molecular complexity index is 999. The van der Waals surface area contributed by atoms with E-state index in [4.69, 9.17) is 4.74 Å². The van der Waals surface area contributed by atoms with E-state index in [1.807, 2.05) is 13.8 Å². The van der Waals surface area contributed by atoms with Crippen LogP contribution >= 0.6 is 0 Å². The van der Waals surface area contributed by atoms with Gasteiger partial charge in [0.2, 0.25) is 17.7 Å². The zero-order chi connectivity index (χ0) is 23.0. The third-order valence-corrected chi connectivity index (χ3v) is 4.76. The molecule has 1 fully saturated rings. The highest BCUT2D eigenvalue weighted by atomic mass is 19.4. The SMILES string of the molecule is CN(C(=O)Oc1ccc(N2C(=O)CC(C)(C)CC2=O)cn1)c1cccc(C(F)(F)F)c1. The van der Waals surface area contributed by atoms with Crippen LogP contribution in [0.25, 0.3) is 0 Å². The molecular weight excluding hydrogens is 415 g/mol. The Morgan fingerprint density at radius 1 is 1.13 bits per heavy atom. The highest BCUT2D eigenvalue weighted by molar-refractivity contribution is 6.16. The number of piperidine rings is 1. The van der Waals surface area contributed by atoms with Gasteiger partial charge in [-0.1, -0.05) is 19.9 Å². The summed E-state index contributed by atoms with van der Waals surface area (Å²) in [5.41, 5.74) is -1.08. The third-order valence-electron chi connectivity index (χ3n) is 4.76. The Morgan fingerprint density at radius 2 is 1.77 bits per heavy atom. The number of imide groups is 1. The summed E-state index contributed by atoms with van der Waals surface area (Å²) in [6, 6.07) is 6.95. The number of halogens is 3. The summed E-state index contributed by atoms with van der Waals surface area (Å²) < 4.78 is 43.7. The van der Waals surface area contributed by atoms with Crippen LogP contribution in [-0.2, 0) is 15.8 Å². The molecule has 0 spiro atoms. The van der Waals surface area contributed by atoms with Crippen molar-refractivity contribution < 1.29 is 32.3 Å². The Labute approximate surface area is 176 Å². The van der Waals surface area contributed by atoms with Gasteiger partial charge in [-0.3, -0.25) is 14.5 Å². The molecule has 164 valence electrons. The smallest absolute Gasteiger partial charge is 0.391 e. The van der Waals surface area contributed by atoms with E-state index in [1.165, 1.54) is 37.5 Å². The van der Waals surface area contributed by atoms with Crippen molar-refractivity contribution in [2.24, 2.45) is 5.41 Å². The minimum absolute atomic E-state index is 0.0106. The standard InChI is InChI=1S/C21H20F3N3O4/c1-20(2)10-17(28)27(18(29)11-20)15-7-8-16(25-12-15)31-19(30)26(3)14-6-4-5-13(9-14)21(22,23)24/h4-9,12H,10-11H2,1-3H3. The number of alkyl halides is 3. The predicted octanol–water partition coefficient (Wildman–Crippen LogP) is 4.42. The summed E-state index contributed by atoms with van der Waals surface area (Å²) in [6.45, 7) is 3.67. The molecule has 3 amide bonds. The molecule has 0 aliphatic carbocycles. The molecule has 0 radical (unpaired) electrons. The van der Waals surface area contributed by atoms with Gasteiger partial charge in [-0.05, 0) is 29.7 Å². The monoisotopic (exact) mass is 435 g/mol. The summed E-state index contributed by atoms with van der Waals surface area (Å²) in [4.78, 5) is 42.8. The molecular formula is C21H20F3N3O4. The number of nitrogens with zero attached hydrogens (tertiary/aromatic N) is 3. The molecule has 1 aliphatic heterocycles. The maximum Gasteiger partial charge on any atom is 0.420 e. The molecule has 0 N–H and O–H groups in total. The number of ether oxygens (including phenoxy) is 1. The average molecular weight is 435 g/mol. The fraction of sp³-hybridized carbons (Fsp3) is 0.333. The lowest BCUT2D eigenvalue weighted by molar-refractivity contribution is -0.137. The molecule has 0 atom stereocenters. The third kappa shape index (κ3) is 5.01. The molecule has 1 saturated heterocycles. The van der Waals surface area contributed by atoms with E-state index >= 15 is 0 Å². The maximum atomic E-state index is 12.9. The van der Waals surface area contributed by atoms with Gasteiger partial charge in [0.1, 0.15) is 0 Å². The first kappa shape index (κ1) is 22.3. The van der Waals surface area contributed by atoms with Gasteiger partial charge in [-0.25, -0.2) is 14.7 Å². The van der Waals surface area contributed by atoms with Crippen molar-refractivity contribution in [3.63, 3.8) is 0 Å². The van der Waals surface area contributed by atoms with E-state index in [-0.39, 0.29) is 41.9 Å². The van der Waals surface area contributed by atoms with Crippen molar-refractivity contribution in [2.75, 3.05) is 16.8 Å². The number of hydrogen-bond acceptors (Lipinski definition) is 5. The zero-order valence-electron chi connectivity index (χ0n) is 17.1. The molecule has 1 aromatic carbocycles. The summed E-state index contributed by atoms with van der Waals surface area (Å²) >= 11 is 0. The summed E-state index contributed by atoms with van der Waals surface area (Å²) in [7, 11) is 1.26. The van der Waals surface area contributed by atoms with E-state index in [0.29, 0.717) is 0 Å². The molecule has 10 heteroatoms. The number of anilines is 2. The number of carbonyl (C=O) groups excluding carboxylic acids is 3. The normalized spacial score (nSPS) is 16.3. The van der Waals surface area contributed by atoms with Crippen LogP contribution in [0.4, 0.5) is 29.3 Å². The minimum Gasteiger partial charge on any atom is -0.391 e. The minimum atomic E-state index is -4.54. The lowest BCUT2D eigenvalue weighted by Gasteiger charge is -2.34. The van der Waals surface area contributed by atoms with Crippen molar-refractivity contribution in [3.05, 3.63) is 48.2 Å². The largest absolute Gasteiger partial charge is 0.420 e. The number of hydrogen-bond donors (Lipinski definition) is 0. The Hall–Kier alpha value is -3.43. The van der Waals surface area contributed by atoms with Gasteiger partial charge in [0.15, 0.2) is 0 Å². The van der Waals surface area contributed by atoms with Crippen molar-refractivity contribution in [1.82, 2.24) is 4.98 Å². The fourth-order valence-electron chi connectivity index (χ4n) is 3.19. The van der Waals surface area contributed by atoms with Gasteiger partial charge in [0.05, 0.1) is 17.4 Å². The second-order valence-electron chi connectivity index (χ2n) is 7.97. The van der Waals surface area contributed by atoms with Crippen LogP contribution < -0.4 is 14.5 Å². The molecule has 3 rings (SSSR count). The van der Waals surface area contributed by atoms with E-state index < -0.39 is 23.2 Å². The van der Waals surface area contributed by atoms with Crippen LogP contribution in [0, 0.1) is 5.41 Å². The highest BCUT2D eigenvalue weighted by Crippen LogP contribution is 2.34. The first-order valence-corrected chi connectivity index (χ1v) is 9.32. The first-order valence-electron chi connectivity index (χ1n) is 9.32. The number of aromatic nitrogens is 1. The van der Waals surface area contributed by atoms with Crippen LogP contribution in [0.2, 0.25) is 0 Å². The number of amides is 3. The van der Waals surface area contributed by atoms with Gasteiger partial charge in [-0.2, -0.15) is 13.2 Å². The van der Waals surface area contributed by atoms with Gasteiger partial charge in [0, 0.05) is 31.6 Å². The number of benzene rings is 1. The van der Waals surface area contributed by atoms with Crippen molar-refractivity contribution in [2.45, 2.75) is 32.9 Å². The van der Waals surface area contributed by atoms with Crippen LogP contribution in [0.1, 0.15) is 32.3 Å². The van der Waals surface area contributed by atoms with Gasteiger partial charge < -0.3 is 4.74 Å². The van der Waals surface area contributed by atoms with E-state index in [9.17, 15) is 27.6 Å². The van der Waals surface area contributed by atoms with Crippen molar-refractivity contribution >= 4 is 29.3 Å². The Kier molecular flexibility index (Phi) is 5.75. The number of pyridine rings is 1. The van der Waals surface area contributed by atoms with Crippen LogP contribution in [0.5, 0.6) is 5.88 Å². The van der Waals surface area contributed by atoms with E-state index in [0.717, 1.165) is 21.9 Å². The molecule has 1 aliphatic rings. The van der Waals surface area contributed by atoms with Gasteiger partial charge in [0.25, 0.3) is 0 Å². The van der Waals surface area contributed by atoms with Crippen molar-refractivity contribution in [3.8, 4) is 5.88 Å². The topological polar surface area (TPSA) is 79.8 Å². The lowest BCUT2D eigenvalue weighted by atomic mass is 9.81. The van der Waals surface area contributed by atoms with Gasteiger partial charge in [-0.15, -0.1) is 0 Å². The number of rotatable bonds is 3. The van der Waals surface area contributed by atoms with E-state index in [2.05, 4.69) is 4.98 Å². The quantitative estimate of drug-likeness (QED) is 0.667. The van der Waals surface area contributed by atoms with E-state index in [1.54, 1.807) is 0 Å². The molecule has 2 heterocycles. The lowest BCUT2D eigenvalue weighted by Crippen LogP contribution is -2.46. The van der Waals surface area contributed by atoms with Crippen LogP contribution in [0.3, 0.4) is 0 Å².